The molecule has 0 heterocycles. The number of rotatable bonds is 1. The maximum absolute atomic E-state index is 10.4. The minimum Gasteiger partial charge on any atom is -0.457 e. The molecule has 1 aliphatic carbocycles. The molecule has 0 aliphatic heterocycles. The fourth-order valence-electron chi connectivity index (χ4n) is 0.902. The smallest absolute Gasteiger partial charge is 0.303 e. The van der Waals surface area contributed by atoms with Crippen molar-refractivity contribution in [2.24, 2.45) is 0 Å². The van der Waals surface area contributed by atoms with Crippen molar-refractivity contribution in [3.8, 4) is 0 Å². The van der Waals surface area contributed by atoms with Gasteiger partial charge in [0.2, 0.25) is 0 Å². The summed E-state index contributed by atoms with van der Waals surface area (Å²) in [6.07, 6.45) is 4.32. The lowest BCUT2D eigenvalue weighted by Gasteiger charge is -2.11. The van der Waals surface area contributed by atoms with Gasteiger partial charge in [-0.3, -0.25) is 4.79 Å². The molecule has 0 aromatic rings. The number of hydrogen-bond donors (Lipinski definition) is 0. The van der Waals surface area contributed by atoms with E-state index >= 15 is 0 Å². The molecule has 0 aromatic carbocycles. The highest BCUT2D eigenvalue weighted by molar-refractivity contribution is 6.21. The second-order valence-corrected chi connectivity index (χ2v) is 2.81. The Balaban J connectivity index is 2.40. The van der Waals surface area contributed by atoms with Gasteiger partial charge in [-0.25, -0.2) is 0 Å². The number of alkyl halides is 1. The van der Waals surface area contributed by atoms with Crippen molar-refractivity contribution in [1.29, 1.82) is 0 Å². The van der Waals surface area contributed by atoms with Crippen molar-refractivity contribution in [1.82, 2.24) is 0 Å². The zero-order valence-electron chi connectivity index (χ0n) is 5.71. The molecule has 10 heavy (non-hydrogen) atoms. The van der Waals surface area contributed by atoms with E-state index in [-0.39, 0.29) is 17.5 Å². The van der Waals surface area contributed by atoms with Crippen molar-refractivity contribution >= 4 is 17.6 Å². The van der Waals surface area contributed by atoms with Crippen LogP contribution in [0.15, 0.2) is 12.2 Å². The van der Waals surface area contributed by atoms with E-state index in [1.54, 1.807) is 0 Å². The number of hydrogen-bond acceptors (Lipinski definition) is 2. The predicted octanol–water partition coefficient (Wildman–Crippen LogP) is 1.49. The SMILES string of the molecule is CC(=O)OC1C=CCC1Cl. The molecule has 0 spiro atoms. The van der Waals surface area contributed by atoms with Gasteiger partial charge < -0.3 is 4.74 Å². The molecule has 2 unspecified atom stereocenters. The molecule has 1 aliphatic rings. The quantitative estimate of drug-likeness (QED) is 0.330. The predicted molar refractivity (Wildman–Crippen MR) is 39.0 cm³/mol. The fourth-order valence-corrected chi connectivity index (χ4v) is 1.14. The first-order valence-corrected chi connectivity index (χ1v) is 3.62. The van der Waals surface area contributed by atoms with Crippen molar-refractivity contribution in [2.75, 3.05) is 0 Å². The monoisotopic (exact) mass is 160 g/mol. The molecule has 56 valence electrons. The summed E-state index contributed by atoms with van der Waals surface area (Å²) in [6.45, 7) is 1.38. The molecule has 0 aromatic heterocycles. The average molecular weight is 161 g/mol. The Morgan fingerprint density at radius 1 is 1.80 bits per heavy atom. The van der Waals surface area contributed by atoms with Crippen LogP contribution in [0.4, 0.5) is 0 Å². The van der Waals surface area contributed by atoms with Crippen LogP contribution in [-0.4, -0.2) is 17.5 Å². The van der Waals surface area contributed by atoms with Gasteiger partial charge in [0.1, 0.15) is 6.10 Å². The van der Waals surface area contributed by atoms with Crippen LogP contribution in [0.5, 0.6) is 0 Å². The van der Waals surface area contributed by atoms with E-state index in [1.165, 1.54) is 6.92 Å². The zero-order chi connectivity index (χ0) is 7.56. The summed E-state index contributed by atoms with van der Waals surface area (Å²) in [6, 6.07) is 0. The highest BCUT2D eigenvalue weighted by Gasteiger charge is 2.22. The number of ether oxygens (including phenoxy) is 1. The summed E-state index contributed by atoms with van der Waals surface area (Å²) < 4.78 is 4.87. The van der Waals surface area contributed by atoms with E-state index in [4.69, 9.17) is 16.3 Å². The highest BCUT2D eigenvalue weighted by atomic mass is 35.5. The second-order valence-electron chi connectivity index (χ2n) is 2.25. The summed E-state index contributed by atoms with van der Waals surface area (Å²) in [5.41, 5.74) is 0. The molecule has 0 saturated carbocycles. The normalized spacial score (nSPS) is 30.6. The van der Waals surface area contributed by atoms with Crippen LogP contribution in [0.3, 0.4) is 0 Å². The molecule has 3 heteroatoms. The van der Waals surface area contributed by atoms with Crippen molar-refractivity contribution in [3.63, 3.8) is 0 Å². The lowest BCUT2D eigenvalue weighted by molar-refractivity contribution is -0.143. The van der Waals surface area contributed by atoms with Crippen LogP contribution < -0.4 is 0 Å². The lowest BCUT2D eigenvalue weighted by Crippen LogP contribution is -2.20. The van der Waals surface area contributed by atoms with Gasteiger partial charge in [-0.1, -0.05) is 6.08 Å². The summed E-state index contributed by atoms with van der Waals surface area (Å²) in [5.74, 6) is -0.276. The van der Waals surface area contributed by atoms with E-state index < -0.39 is 0 Å². The second kappa shape index (κ2) is 3.06. The van der Waals surface area contributed by atoms with Crippen LogP contribution in [0, 0.1) is 0 Å². The Hall–Kier alpha value is -0.500. The van der Waals surface area contributed by atoms with Gasteiger partial charge in [0.15, 0.2) is 0 Å². The summed E-state index contributed by atoms with van der Waals surface area (Å²) in [7, 11) is 0. The Morgan fingerprint density at radius 3 is 2.90 bits per heavy atom. The molecule has 0 radical (unpaired) electrons. The van der Waals surface area contributed by atoms with E-state index in [9.17, 15) is 4.79 Å². The molecular weight excluding hydrogens is 152 g/mol. The van der Waals surface area contributed by atoms with Crippen LogP contribution in [-0.2, 0) is 9.53 Å². The van der Waals surface area contributed by atoms with Crippen LogP contribution >= 0.6 is 11.6 Å². The standard InChI is InChI=1S/C7H9ClO2/c1-5(9)10-7-4-2-3-6(7)8/h2,4,6-7H,3H2,1H3. The minimum absolute atomic E-state index is 0.0658. The molecule has 2 atom stereocenters. The first kappa shape index (κ1) is 7.61. The Kier molecular flexibility index (Phi) is 2.33. The zero-order valence-corrected chi connectivity index (χ0v) is 6.47. The molecule has 0 saturated heterocycles. The fraction of sp³-hybridized carbons (Fsp3) is 0.571. The molecule has 0 amide bonds. The summed E-state index contributed by atoms with van der Waals surface area (Å²) in [5, 5.41) is -0.0658. The van der Waals surface area contributed by atoms with Crippen molar-refractivity contribution in [3.05, 3.63) is 12.2 Å². The Labute approximate surface area is 64.8 Å². The maximum Gasteiger partial charge on any atom is 0.303 e. The van der Waals surface area contributed by atoms with E-state index in [0.29, 0.717) is 0 Å². The van der Waals surface area contributed by atoms with Crippen LogP contribution in [0.25, 0.3) is 0 Å². The largest absolute Gasteiger partial charge is 0.457 e. The molecule has 0 bridgehead atoms. The molecule has 2 nitrogen and oxygen atoms in total. The average Bonchev–Trinajstić information content (AvgIpc) is 2.15. The topological polar surface area (TPSA) is 26.3 Å². The van der Waals surface area contributed by atoms with Crippen LogP contribution in [0.1, 0.15) is 13.3 Å². The van der Waals surface area contributed by atoms with Gasteiger partial charge in [0.25, 0.3) is 0 Å². The lowest BCUT2D eigenvalue weighted by atomic mass is 10.3. The third-order valence-electron chi connectivity index (χ3n) is 1.35. The highest BCUT2D eigenvalue weighted by Crippen LogP contribution is 2.19. The Bertz CT molecular complexity index is 165. The first-order chi connectivity index (χ1) is 4.70. The molecule has 0 N–H and O–H groups in total. The molecule has 1 rings (SSSR count). The van der Waals surface area contributed by atoms with Crippen molar-refractivity contribution in [2.45, 2.75) is 24.8 Å². The van der Waals surface area contributed by atoms with Gasteiger partial charge in [0.05, 0.1) is 5.38 Å². The number of carbonyl (C=O) groups excluding carboxylic acids is 1. The van der Waals surface area contributed by atoms with Gasteiger partial charge in [-0.15, -0.1) is 11.6 Å². The molecule has 0 fully saturated rings. The van der Waals surface area contributed by atoms with Gasteiger partial charge in [-0.05, 0) is 12.5 Å². The molecular formula is C7H9ClO2. The van der Waals surface area contributed by atoms with E-state index in [1.807, 2.05) is 12.2 Å². The van der Waals surface area contributed by atoms with Gasteiger partial charge in [-0.2, -0.15) is 0 Å². The van der Waals surface area contributed by atoms with E-state index in [0.717, 1.165) is 6.42 Å². The van der Waals surface area contributed by atoms with Crippen LogP contribution in [0.2, 0.25) is 0 Å². The van der Waals surface area contributed by atoms with Gasteiger partial charge in [0, 0.05) is 6.92 Å². The van der Waals surface area contributed by atoms with Crippen molar-refractivity contribution < 1.29 is 9.53 Å². The third kappa shape index (κ3) is 1.74. The first-order valence-electron chi connectivity index (χ1n) is 3.18. The number of allylic oxidation sites excluding steroid dienone is 1. The minimum atomic E-state index is -0.276. The Morgan fingerprint density at radius 2 is 2.50 bits per heavy atom. The maximum atomic E-state index is 10.4. The third-order valence-corrected chi connectivity index (χ3v) is 1.77. The van der Waals surface area contributed by atoms with Gasteiger partial charge >= 0.3 is 5.97 Å². The summed E-state index contributed by atoms with van der Waals surface area (Å²) >= 11 is 5.78. The number of halogens is 1. The van der Waals surface area contributed by atoms with E-state index in [2.05, 4.69) is 0 Å². The summed E-state index contributed by atoms with van der Waals surface area (Å²) in [4.78, 5) is 10.4. The number of carbonyl (C=O) groups is 1. The number of esters is 1.